The van der Waals surface area contributed by atoms with Crippen molar-refractivity contribution < 1.29 is 14.3 Å². The standard InChI is InChI=1S/C12H17NO3S/c1-12(2,3)16-11(14)9-7-6-15-5-4-8(7)17-10(9)13/h4-6,13H2,1-3H3. The minimum absolute atomic E-state index is 0.349. The average Bonchev–Trinajstić information content (AvgIpc) is 2.50. The van der Waals surface area contributed by atoms with Gasteiger partial charge in [-0.15, -0.1) is 11.3 Å². The maximum Gasteiger partial charge on any atom is 0.342 e. The first-order chi connectivity index (χ1) is 7.88. The van der Waals surface area contributed by atoms with Crippen molar-refractivity contribution in [1.82, 2.24) is 0 Å². The summed E-state index contributed by atoms with van der Waals surface area (Å²) in [4.78, 5) is 13.2. The van der Waals surface area contributed by atoms with Gasteiger partial charge in [-0.25, -0.2) is 4.79 Å². The Bertz CT molecular complexity index is 445. The van der Waals surface area contributed by atoms with Gasteiger partial charge in [0.25, 0.3) is 0 Å². The first-order valence-corrected chi connectivity index (χ1v) is 6.41. The fourth-order valence-corrected chi connectivity index (χ4v) is 2.82. The molecular weight excluding hydrogens is 238 g/mol. The van der Waals surface area contributed by atoms with Crippen molar-refractivity contribution >= 4 is 22.3 Å². The molecule has 0 aliphatic carbocycles. The molecule has 2 heterocycles. The zero-order valence-electron chi connectivity index (χ0n) is 10.3. The van der Waals surface area contributed by atoms with E-state index in [-0.39, 0.29) is 5.97 Å². The lowest BCUT2D eigenvalue weighted by Gasteiger charge is -2.20. The van der Waals surface area contributed by atoms with E-state index in [1.165, 1.54) is 11.3 Å². The van der Waals surface area contributed by atoms with Gasteiger partial charge in [0.05, 0.1) is 18.8 Å². The Morgan fingerprint density at radius 2 is 2.18 bits per heavy atom. The molecule has 0 spiro atoms. The van der Waals surface area contributed by atoms with Gasteiger partial charge < -0.3 is 15.2 Å². The quantitative estimate of drug-likeness (QED) is 0.782. The van der Waals surface area contributed by atoms with Gasteiger partial charge in [0, 0.05) is 16.9 Å². The Morgan fingerprint density at radius 1 is 1.47 bits per heavy atom. The second-order valence-corrected chi connectivity index (χ2v) is 6.18. The van der Waals surface area contributed by atoms with Crippen LogP contribution in [0.15, 0.2) is 0 Å². The zero-order chi connectivity index (χ0) is 12.6. The maximum atomic E-state index is 12.1. The predicted molar refractivity (Wildman–Crippen MR) is 67.3 cm³/mol. The topological polar surface area (TPSA) is 61.5 Å². The van der Waals surface area contributed by atoms with E-state index in [1.807, 2.05) is 20.8 Å². The van der Waals surface area contributed by atoms with Gasteiger partial charge in [0.1, 0.15) is 10.6 Å². The van der Waals surface area contributed by atoms with Gasteiger partial charge in [-0.1, -0.05) is 0 Å². The number of thiophene rings is 1. The van der Waals surface area contributed by atoms with Crippen LogP contribution in [-0.4, -0.2) is 18.2 Å². The van der Waals surface area contributed by atoms with Crippen LogP contribution in [0.25, 0.3) is 0 Å². The van der Waals surface area contributed by atoms with Crippen LogP contribution in [0.3, 0.4) is 0 Å². The molecular formula is C12H17NO3S. The molecule has 17 heavy (non-hydrogen) atoms. The highest BCUT2D eigenvalue weighted by molar-refractivity contribution is 7.16. The third-order valence-corrected chi connectivity index (χ3v) is 3.56. The molecule has 1 aromatic heterocycles. The second kappa shape index (κ2) is 4.31. The lowest BCUT2D eigenvalue weighted by Crippen LogP contribution is -2.25. The summed E-state index contributed by atoms with van der Waals surface area (Å²) in [7, 11) is 0. The number of anilines is 1. The number of esters is 1. The summed E-state index contributed by atoms with van der Waals surface area (Å²) < 4.78 is 10.7. The molecule has 5 heteroatoms. The van der Waals surface area contributed by atoms with Gasteiger partial charge in [0.2, 0.25) is 0 Å². The Labute approximate surface area is 105 Å². The zero-order valence-corrected chi connectivity index (χ0v) is 11.1. The summed E-state index contributed by atoms with van der Waals surface area (Å²) in [5.74, 6) is -0.349. The third kappa shape index (κ3) is 2.61. The van der Waals surface area contributed by atoms with Crippen molar-refractivity contribution in [2.24, 2.45) is 0 Å². The Balaban J connectivity index is 2.32. The second-order valence-electron chi connectivity index (χ2n) is 5.05. The van der Waals surface area contributed by atoms with Crippen LogP contribution in [-0.2, 0) is 22.5 Å². The van der Waals surface area contributed by atoms with E-state index in [2.05, 4.69) is 0 Å². The average molecular weight is 255 g/mol. The number of hydrogen-bond donors (Lipinski definition) is 1. The fraction of sp³-hybridized carbons (Fsp3) is 0.583. The summed E-state index contributed by atoms with van der Waals surface area (Å²) >= 11 is 1.47. The summed E-state index contributed by atoms with van der Waals surface area (Å²) in [6, 6.07) is 0. The Hall–Kier alpha value is -1.07. The number of ether oxygens (including phenoxy) is 2. The van der Waals surface area contributed by atoms with E-state index < -0.39 is 5.60 Å². The molecule has 1 aromatic rings. The first-order valence-electron chi connectivity index (χ1n) is 5.59. The van der Waals surface area contributed by atoms with Crippen LogP contribution in [0, 0.1) is 0 Å². The summed E-state index contributed by atoms with van der Waals surface area (Å²) in [6.07, 6.45) is 0.826. The largest absolute Gasteiger partial charge is 0.456 e. The van der Waals surface area contributed by atoms with Crippen molar-refractivity contribution in [2.45, 2.75) is 39.4 Å². The molecule has 0 radical (unpaired) electrons. The van der Waals surface area contributed by atoms with Crippen molar-refractivity contribution in [2.75, 3.05) is 12.3 Å². The molecule has 1 aliphatic heterocycles. The van der Waals surface area contributed by atoms with Crippen molar-refractivity contribution in [3.63, 3.8) is 0 Å². The third-order valence-electron chi connectivity index (χ3n) is 2.44. The van der Waals surface area contributed by atoms with Gasteiger partial charge in [-0.2, -0.15) is 0 Å². The molecule has 0 aromatic carbocycles. The number of nitrogens with two attached hydrogens (primary N) is 1. The number of rotatable bonds is 1. The van der Waals surface area contributed by atoms with E-state index in [1.54, 1.807) is 0 Å². The SMILES string of the molecule is CC(C)(C)OC(=O)c1c(N)sc2c1COCC2. The van der Waals surface area contributed by atoms with Crippen molar-refractivity contribution in [3.8, 4) is 0 Å². The number of fused-ring (bicyclic) bond motifs is 1. The van der Waals surface area contributed by atoms with Crippen LogP contribution in [0.5, 0.6) is 0 Å². The van der Waals surface area contributed by atoms with Crippen LogP contribution in [0.4, 0.5) is 5.00 Å². The monoisotopic (exact) mass is 255 g/mol. The molecule has 1 aliphatic rings. The van der Waals surface area contributed by atoms with Gasteiger partial charge >= 0.3 is 5.97 Å². The smallest absolute Gasteiger partial charge is 0.342 e. The molecule has 0 saturated heterocycles. The lowest BCUT2D eigenvalue weighted by molar-refractivity contribution is 0.00653. The number of hydrogen-bond acceptors (Lipinski definition) is 5. The van der Waals surface area contributed by atoms with E-state index in [4.69, 9.17) is 15.2 Å². The maximum absolute atomic E-state index is 12.1. The summed E-state index contributed by atoms with van der Waals surface area (Å²) in [5.41, 5.74) is 6.81. The fourth-order valence-electron chi connectivity index (χ4n) is 1.78. The van der Waals surface area contributed by atoms with Gasteiger partial charge in [0.15, 0.2) is 0 Å². The molecule has 94 valence electrons. The Morgan fingerprint density at radius 3 is 2.82 bits per heavy atom. The molecule has 0 bridgehead atoms. The molecule has 2 N–H and O–H groups in total. The van der Waals surface area contributed by atoms with Gasteiger partial charge in [-0.3, -0.25) is 0 Å². The number of carbonyl (C=O) groups is 1. The number of carbonyl (C=O) groups excluding carboxylic acids is 1. The molecule has 2 rings (SSSR count). The highest BCUT2D eigenvalue weighted by Gasteiger charge is 2.28. The van der Waals surface area contributed by atoms with Crippen LogP contribution < -0.4 is 5.73 Å². The van der Waals surface area contributed by atoms with E-state index in [9.17, 15) is 4.79 Å². The lowest BCUT2D eigenvalue weighted by atomic mass is 10.1. The van der Waals surface area contributed by atoms with E-state index in [0.717, 1.165) is 16.9 Å². The molecule has 0 unspecified atom stereocenters. The molecule has 0 amide bonds. The van der Waals surface area contributed by atoms with Crippen LogP contribution in [0.1, 0.15) is 41.6 Å². The molecule has 0 atom stereocenters. The highest BCUT2D eigenvalue weighted by atomic mass is 32.1. The van der Waals surface area contributed by atoms with Crippen LogP contribution in [0.2, 0.25) is 0 Å². The summed E-state index contributed by atoms with van der Waals surface area (Å²) in [5, 5.41) is 0.537. The molecule has 4 nitrogen and oxygen atoms in total. The first kappa shape index (κ1) is 12.4. The van der Waals surface area contributed by atoms with Crippen molar-refractivity contribution in [3.05, 3.63) is 16.0 Å². The van der Waals surface area contributed by atoms with E-state index >= 15 is 0 Å². The summed E-state index contributed by atoms with van der Waals surface area (Å²) in [6.45, 7) is 6.68. The Kier molecular flexibility index (Phi) is 3.14. The normalized spacial score (nSPS) is 15.5. The molecule has 0 fully saturated rings. The number of nitrogen functional groups attached to an aromatic ring is 1. The van der Waals surface area contributed by atoms with Gasteiger partial charge in [-0.05, 0) is 20.8 Å². The highest BCUT2D eigenvalue weighted by Crippen LogP contribution is 2.35. The molecule has 0 saturated carbocycles. The minimum atomic E-state index is -0.506. The van der Waals surface area contributed by atoms with Crippen LogP contribution >= 0.6 is 11.3 Å². The minimum Gasteiger partial charge on any atom is -0.456 e. The predicted octanol–water partition coefficient (Wildman–Crippen LogP) is 2.36. The van der Waals surface area contributed by atoms with Crippen molar-refractivity contribution in [1.29, 1.82) is 0 Å². The van der Waals surface area contributed by atoms with E-state index in [0.29, 0.717) is 23.8 Å².